The Labute approximate surface area is 150 Å². The highest BCUT2D eigenvalue weighted by molar-refractivity contribution is 5.91. The molecule has 2 aromatic carbocycles. The third-order valence-corrected chi connectivity index (χ3v) is 4.74. The molecule has 26 heavy (non-hydrogen) atoms. The molecule has 3 aromatic rings. The van der Waals surface area contributed by atoms with Crippen molar-refractivity contribution in [1.82, 2.24) is 10.2 Å². The minimum Gasteiger partial charge on any atom is -0.370 e. The summed E-state index contributed by atoms with van der Waals surface area (Å²) in [5.41, 5.74) is 1.90. The predicted molar refractivity (Wildman–Crippen MR) is 98.3 cm³/mol. The van der Waals surface area contributed by atoms with E-state index in [1.807, 2.05) is 31.2 Å². The maximum Gasteiger partial charge on any atom is 0.269 e. The number of ether oxygens (including phenoxy) is 1. The molecule has 1 fully saturated rings. The van der Waals surface area contributed by atoms with Crippen molar-refractivity contribution in [1.29, 1.82) is 0 Å². The molecule has 132 valence electrons. The maximum absolute atomic E-state index is 11.1. The minimum atomic E-state index is -0.375. The summed E-state index contributed by atoms with van der Waals surface area (Å²) in [7, 11) is 0. The van der Waals surface area contributed by atoms with E-state index in [4.69, 9.17) is 4.74 Å². The Morgan fingerprint density at radius 3 is 2.96 bits per heavy atom. The summed E-state index contributed by atoms with van der Waals surface area (Å²) in [4.78, 5) is 12.9. The number of non-ortho nitro benzene ring substituents is 1. The van der Waals surface area contributed by atoms with E-state index in [2.05, 4.69) is 15.1 Å². The first-order valence-electron chi connectivity index (χ1n) is 8.45. The number of hydrogen-bond donors (Lipinski definition) is 0. The van der Waals surface area contributed by atoms with Crippen molar-refractivity contribution >= 4 is 22.3 Å². The summed E-state index contributed by atoms with van der Waals surface area (Å²) in [5, 5.41) is 21.6. The summed E-state index contributed by atoms with van der Waals surface area (Å²) < 4.78 is 5.93. The summed E-state index contributed by atoms with van der Waals surface area (Å²) in [6.07, 6.45) is 1.51. The summed E-state index contributed by atoms with van der Waals surface area (Å²) in [6.45, 7) is 3.74. The Morgan fingerprint density at radius 2 is 2.12 bits per heavy atom. The van der Waals surface area contributed by atoms with Gasteiger partial charge in [0.2, 0.25) is 0 Å². The second kappa shape index (κ2) is 6.68. The molecule has 1 aromatic heterocycles. The highest BCUT2D eigenvalue weighted by Crippen LogP contribution is 2.32. The third-order valence-electron chi connectivity index (χ3n) is 4.74. The molecule has 0 bridgehead atoms. The number of nitrogens with zero attached hydrogens (tertiary/aromatic N) is 4. The van der Waals surface area contributed by atoms with Crippen LogP contribution in [0.15, 0.2) is 48.7 Å². The van der Waals surface area contributed by atoms with Gasteiger partial charge in [-0.1, -0.05) is 30.3 Å². The van der Waals surface area contributed by atoms with Gasteiger partial charge < -0.3 is 9.64 Å². The number of aryl methyl sites for hydroxylation is 1. The molecule has 4 rings (SSSR count). The predicted octanol–water partition coefficient (Wildman–Crippen LogP) is 3.42. The second-order valence-electron chi connectivity index (χ2n) is 6.36. The van der Waals surface area contributed by atoms with E-state index in [-0.39, 0.29) is 16.7 Å². The lowest BCUT2D eigenvalue weighted by molar-refractivity contribution is -0.385. The molecule has 2 heterocycles. The topological polar surface area (TPSA) is 81.4 Å². The highest BCUT2D eigenvalue weighted by Gasteiger charge is 2.26. The second-order valence-corrected chi connectivity index (χ2v) is 6.36. The highest BCUT2D eigenvalue weighted by atomic mass is 16.6. The molecule has 0 saturated carbocycles. The van der Waals surface area contributed by atoms with E-state index in [0.29, 0.717) is 19.7 Å². The van der Waals surface area contributed by atoms with Crippen LogP contribution in [0.5, 0.6) is 0 Å². The quantitative estimate of drug-likeness (QED) is 0.532. The number of fused-ring (bicyclic) bond motifs is 1. The zero-order valence-electron chi connectivity index (χ0n) is 14.3. The number of hydrogen-bond acceptors (Lipinski definition) is 6. The van der Waals surface area contributed by atoms with Crippen LogP contribution in [0, 0.1) is 17.0 Å². The lowest BCUT2D eigenvalue weighted by Crippen LogP contribution is -2.39. The molecular weight excluding hydrogens is 332 g/mol. The molecule has 0 spiro atoms. The molecule has 1 unspecified atom stereocenters. The molecule has 0 aliphatic carbocycles. The number of rotatable bonds is 3. The zero-order valence-corrected chi connectivity index (χ0v) is 14.3. The van der Waals surface area contributed by atoms with Crippen molar-refractivity contribution in [2.75, 3.05) is 24.6 Å². The standard InChI is InChI=1S/C19H18N4O3/c1-13-6-7-15(23(24)25)10-17(13)18-12-22(8-9-26-18)19-16-5-3-2-4-14(16)11-20-21-19/h2-7,10-11,18H,8-9,12H2,1H3. The Bertz CT molecular complexity index is 971. The fourth-order valence-corrected chi connectivity index (χ4v) is 3.36. The number of benzene rings is 2. The van der Waals surface area contributed by atoms with Crippen molar-refractivity contribution in [3.05, 3.63) is 69.9 Å². The smallest absolute Gasteiger partial charge is 0.269 e. The molecular formula is C19H18N4O3. The third kappa shape index (κ3) is 2.97. The van der Waals surface area contributed by atoms with Gasteiger partial charge in [0.05, 0.1) is 17.7 Å². The van der Waals surface area contributed by atoms with Crippen molar-refractivity contribution in [3.8, 4) is 0 Å². The Balaban J connectivity index is 1.68. The van der Waals surface area contributed by atoms with Crippen LogP contribution >= 0.6 is 0 Å². The fourth-order valence-electron chi connectivity index (χ4n) is 3.36. The van der Waals surface area contributed by atoms with E-state index in [1.165, 1.54) is 6.07 Å². The lowest BCUT2D eigenvalue weighted by Gasteiger charge is -2.34. The first-order chi connectivity index (χ1) is 12.6. The van der Waals surface area contributed by atoms with Gasteiger partial charge in [-0.05, 0) is 18.1 Å². The van der Waals surface area contributed by atoms with E-state index in [1.54, 1.807) is 18.3 Å². The molecule has 1 aliphatic heterocycles. The van der Waals surface area contributed by atoms with E-state index in [0.717, 1.165) is 27.7 Å². The van der Waals surface area contributed by atoms with Crippen LogP contribution in [0.1, 0.15) is 17.2 Å². The van der Waals surface area contributed by atoms with Crippen LogP contribution in [0.3, 0.4) is 0 Å². The van der Waals surface area contributed by atoms with Gasteiger partial charge in [-0.3, -0.25) is 10.1 Å². The van der Waals surface area contributed by atoms with Gasteiger partial charge in [-0.25, -0.2) is 0 Å². The number of nitro benzene ring substituents is 1. The van der Waals surface area contributed by atoms with Gasteiger partial charge in [0.25, 0.3) is 5.69 Å². The Kier molecular flexibility index (Phi) is 4.22. The number of anilines is 1. The first kappa shape index (κ1) is 16.4. The molecule has 7 nitrogen and oxygen atoms in total. The average molecular weight is 350 g/mol. The molecule has 1 aliphatic rings. The van der Waals surface area contributed by atoms with Gasteiger partial charge in [0.1, 0.15) is 6.10 Å². The largest absolute Gasteiger partial charge is 0.370 e. The van der Waals surface area contributed by atoms with E-state index >= 15 is 0 Å². The van der Waals surface area contributed by atoms with E-state index < -0.39 is 0 Å². The molecule has 0 radical (unpaired) electrons. The van der Waals surface area contributed by atoms with Gasteiger partial charge in [-0.2, -0.15) is 5.10 Å². The molecule has 7 heteroatoms. The normalized spacial score (nSPS) is 17.4. The Hall–Kier alpha value is -3.06. The monoisotopic (exact) mass is 350 g/mol. The van der Waals surface area contributed by atoms with Crippen LogP contribution in [-0.2, 0) is 4.74 Å². The SMILES string of the molecule is Cc1ccc([N+](=O)[O-])cc1C1CN(c2nncc3ccccc23)CCO1. The zero-order chi connectivity index (χ0) is 18.1. The molecule has 0 N–H and O–H groups in total. The minimum absolute atomic E-state index is 0.0799. The average Bonchev–Trinajstić information content (AvgIpc) is 2.68. The van der Waals surface area contributed by atoms with Crippen LogP contribution in [-0.4, -0.2) is 34.8 Å². The van der Waals surface area contributed by atoms with Crippen LogP contribution < -0.4 is 4.90 Å². The maximum atomic E-state index is 11.1. The van der Waals surface area contributed by atoms with Crippen molar-refractivity contribution in [3.63, 3.8) is 0 Å². The number of aromatic nitrogens is 2. The van der Waals surface area contributed by atoms with Gasteiger partial charge in [0, 0.05) is 36.0 Å². The number of nitro groups is 1. The number of morpholine rings is 1. The molecule has 0 amide bonds. The van der Waals surface area contributed by atoms with Crippen molar-refractivity contribution < 1.29 is 9.66 Å². The van der Waals surface area contributed by atoms with Crippen LogP contribution in [0.25, 0.3) is 10.8 Å². The van der Waals surface area contributed by atoms with Gasteiger partial charge in [0.15, 0.2) is 5.82 Å². The van der Waals surface area contributed by atoms with E-state index in [9.17, 15) is 10.1 Å². The van der Waals surface area contributed by atoms with Crippen molar-refractivity contribution in [2.45, 2.75) is 13.0 Å². The molecule has 1 atom stereocenters. The first-order valence-corrected chi connectivity index (χ1v) is 8.45. The summed E-state index contributed by atoms with van der Waals surface area (Å²) in [6, 6.07) is 12.9. The fraction of sp³-hybridized carbons (Fsp3) is 0.263. The van der Waals surface area contributed by atoms with Crippen LogP contribution in [0.4, 0.5) is 11.5 Å². The lowest BCUT2D eigenvalue weighted by atomic mass is 10.0. The van der Waals surface area contributed by atoms with Crippen LogP contribution in [0.2, 0.25) is 0 Å². The van der Waals surface area contributed by atoms with Gasteiger partial charge >= 0.3 is 0 Å². The summed E-state index contributed by atoms with van der Waals surface area (Å²) >= 11 is 0. The Morgan fingerprint density at radius 1 is 1.27 bits per heavy atom. The summed E-state index contributed by atoms with van der Waals surface area (Å²) in [5.74, 6) is 0.819. The van der Waals surface area contributed by atoms with Crippen molar-refractivity contribution in [2.24, 2.45) is 0 Å². The molecule has 1 saturated heterocycles. The van der Waals surface area contributed by atoms with Gasteiger partial charge in [-0.15, -0.1) is 5.10 Å².